The Morgan fingerprint density at radius 3 is 2.43 bits per heavy atom. The molecule has 2 nitrogen and oxygen atoms in total. The maximum absolute atomic E-state index is 12.4. The molecule has 112 valence electrons. The normalized spacial score (nSPS) is 11.0. The molecule has 0 amide bonds. The summed E-state index contributed by atoms with van der Waals surface area (Å²) >= 11 is 1.59. The zero-order valence-electron chi connectivity index (χ0n) is 12.8. The van der Waals surface area contributed by atoms with Gasteiger partial charge in [-0.25, -0.2) is 4.98 Å². The number of Topliss-reactive ketones (excluding diaryl/α,β-unsaturated/α-hetero) is 1. The van der Waals surface area contributed by atoms with Gasteiger partial charge in [-0.3, -0.25) is 4.79 Å². The third-order valence-electron chi connectivity index (χ3n) is 3.68. The maximum Gasteiger partial charge on any atom is 0.142 e. The van der Waals surface area contributed by atoms with E-state index in [4.69, 9.17) is 0 Å². The molecular weight excluding hydrogens is 278 g/mol. The predicted molar refractivity (Wildman–Crippen MR) is 89.6 cm³/mol. The molecule has 0 atom stereocenters. The lowest BCUT2D eigenvalue weighted by Gasteiger charge is -2.12. The van der Waals surface area contributed by atoms with Gasteiger partial charge in [0.2, 0.25) is 0 Å². The second-order valence-corrected chi connectivity index (χ2v) is 6.35. The van der Waals surface area contributed by atoms with Gasteiger partial charge in [-0.15, -0.1) is 11.3 Å². The standard InChI is InChI=1S/C18H23NOS/c1-3-8-15(9-4-2)17(20)12-18-19-16(13-21-18)14-10-6-5-7-11-14/h5-7,10-11,13,15H,3-4,8-9,12H2,1-2H3. The van der Waals surface area contributed by atoms with Gasteiger partial charge in [-0.05, 0) is 12.8 Å². The third kappa shape index (κ3) is 4.50. The Balaban J connectivity index is 2.03. The molecule has 2 rings (SSSR count). The van der Waals surface area contributed by atoms with Crippen LogP contribution < -0.4 is 0 Å². The van der Waals surface area contributed by atoms with E-state index in [0.717, 1.165) is 41.9 Å². The number of aromatic nitrogens is 1. The van der Waals surface area contributed by atoms with E-state index < -0.39 is 0 Å². The minimum Gasteiger partial charge on any atom is -0.299 e. The van der Waals surface area contributed by atoms with Crippen molar-refractivity contribution in [1.29, 1.82) is 0 Å². The first-order valence-electron chi connectivity index (χ1n) is 7.77. The number of carbonyl (C=O) groups excluding carboxylic acids is 1. The highest BCUT2D eigenvalue weighted by Crippen LogP contribution is 2.24. The Hall–Kier alpha value is -1.48. The van der Waals surface area contributed by atoms with Crippen molar-refractivity contribution in [2.45, 2.75) is 46.0 Å². The average molecular weight is 301 g/mol. The van der Waals surface area contributed by atoms with Gasteiger partial charge in [0.1, 0.15) is 10.8 Å². The van der Waals surface area contributed by atoms with Crippen molar-refractivity contribution < 1.29 is 4.79 Å². The number of rotatable bonds is 8. The highest BCUT2D eigenvalue weighted by atomic mass is 32.1. The largest absolute Gasteiger partial charge is 0.299 e. The summed E-state index contributed by atoms with van der Waals surface area (Å²) in [5.74, 6) is 0.566. The Kier molecular flexibility index (Phi) is 6.12. The average Bonchev–Trinajstić information content (AvgIpc) is 2.96. The molecule has 0 N–H and O–H groups in total. The maximum atomic E-state index is 12.4. The smallest absolute Gasteiger partial charge is 0.142 e. The molecule has 0 saturated carbocycles. The molecule has 0 aliphatic heterocycles. The van der Waals surface area contributed by atoms with E-state index in [1.54, 1.807) is 11.3 Å². The van der Waals surface area contributed by atoms with Crippen LogP contribution in [0.15, 0.2) is 35.7 Å². The Bertz CT molecular complexity index is 556. The van der Waals surface area contributed by atoms with E-state index in [1.165, 1.54) is 0 Å². The molecule has 1 aromatic carbocycles. The first-order chi connectivity index (χ1) is 10.2. The summed E-state index contributed by atoms with van der Waals surface area (Å²) < 4.78 is 0. The van der Waals surface area contributed by atoms with Crippen LogP contribution in [0.25, 0.3) is 11.3 Å². The van der Waals surface area contributed by atoms with E-state index >= 15 is 0 Å². The number of ketones is 1. The predicted octanol–water partition coefficient (Wildman–Crippen LogP) is 5.14. The second-order valence-electron chi connectivity index (χ2n) is 5.41. The molecule has 0 fully saturated rings. The molecule has 0 aliphatic rings. The van der Waals surface area contributed by atoms with Crippen LogP contribution >= 0.6 is 11.3 Å². The number of hydrogen-bond donors (Lipinski definition) is 0. The fourth-order valence-electron chi connectivity index (χ4n) is 2.59. The zero-order chi connectivity index (χ0) is 15.1. The SMILES string of the molecule is CCCC(CCC)C(=O)Cc1nc(-c2ccccc2)cs1. The summed E-state index contributed by atoms with van der Waals surface area (Å²) in [5.41, 5.74) is 2.09. The van der Waals surface area contributed by atoms with E-state index in [0.29, 0.717) is 12.2 Å². The van der Waals surface area contributed by atoms with Gasteiger partial charge in [-0.1, -0.05) is 57.0 Å². The second kappa shape index (κ2) is 8.08. The Morgan fingerprint density at radius 1 is 1.14 bits per heavy atom. The first kappa shape index (κ1) is 15.9. The summed E-state index contributed by atoms with van der Waals surface area (Å²) in [4.78, 5) is 17.0. The molecule has 0 bridgehead atoms. The molecular formula is C18H23NOS. The fraction of sp³-hybridized carbons (Fsp3) is 0.444. The lowest BCUT2D eigenvalue weighted by Crippen LogP contribution is -2.16. The van der Waals surface area contributed by atoms with E-state index in [1.807, 2.05) is 23.6 Å². The fourth-order valence-corrected chi connectivity index (χ4v) is 3.40. The van der Waals surface area contributed by atoms with Crippen LogP contribution in [-0.4, -0.2) is 10.8 Å². The molecule has 1 heterocycles. The summed E-state index contributed by atoms with van der Waals surface area (Å²) in [6.07, 6.45) is 4.64. The first-order valence-corrected chi connectivity index (χ1v) is 8.65. The van der Waals surface area contributed by atoms with Crippen molar-refractivity contribution in [1.82, 2.24) is 4.98 Å². The van der Waals surface area contributed by atoms with Crippen LogP contribution in [-0.2, 0) is 11.2 Å². The number of hydrogen-bond acceptors (Lipinski definition) is 3. The summed E-state index contributed by atoms with van der Waals surface area (Å²) in [6.45, 7) is 4.29. The van der Waals surface area contributed by atoms with Crippen LogP contribution in [0.1, 0.15) is 44.5 Å². The molecule has 21 heavy (non-hydrogen) atoms. The molecule has 1 aromatic heterocycles. The van der Waals surface area contributed by atoms with Crippen molar-refractivity contribution in [3.63, 3.8) is 0 Å². The molecule has 0 unspecified atom stereocenters. The topological polar surface area (TPSA) is 30.0 Å². The molecule has 0 radical (unpaired) electrons. The highest BCUT2D eigenvalue weighted by molar-refractivity contribution is 7.10. The molecule has 0 saturated heterocycles. The summed E-state index contributed by atoms with van der Waals surface area (Å²) in [6, 6.07) is 10.1. The van der Waals surface area contributed by atoms with Crippen LogP contribution in [0.3, 0.4) is 0 Å². The molecule has 3 heteroatoms. The monoisotopic (exact) mass is 301 g/mol. The molecule has 0 aliphatic carbocycles. The number of thiazole rings is 1. The van der Waals surface area contributed by atoms with Gasteiger partial charge >= 0.3 is 0 Å². The van der Waals surface area contributed by atoms with Gasteiger partial charge in [0.15, 0.2) is 0 Å². The molecule has 2 aromatic rings. The van der Waals surface area contributed by atoms with Crippen LogP contribution in [0.4, 0.5) is 0 Å². The quantitative estimate of drug-likeness (QED) is 0.676. The van der Waals surface area contributed by atoms with E-state index in [9.17, 15) is 4.79 Å². The number of nitrogens with zero attached hydrogens (tertiary/aromatic N) is 1. The van der Waals surface area contributed by atoms with Crippen LogP contribution in [0.5, 0.6) is 0 Å². The third-order valence-corrected chi connectivity index (χ3v) is 4.53. The van der Waals surface area contributed by atoms with Crippen molar-refractivity contribution in [3.05, 3.63) is 40.7 Å². The van der Waals surface area contributed by atoms with Gasteiger partial charge in [-0.2, -0.15) is 0 Å². The van der Waals surface area contributed by atoms with Crippen molar-refractivity contribution >= 4 is 17.1 Å². The lowest BCUT2D eigenvalue weighted by atomic mass is 9.92. The van der Waals surface area contributed by atoms with Gasteiger partial charge < -0.3 is 0 Å². The highest BCUT2D eigenvalue weighted by Gasteiger charge is 2.18. The number of benzene rings is 1. The van der Waals surface area contributed by atoms with Gasteiger partial charge in [0.25, 0.3) is 0 Å². The molecule has 0 spiro atoms. The lowest BCUT2D eigenvalue weighted by molar-refractivity contribution is -0.122. The number of carbonyl (C=O) groups is 1. The summed E-state index contributed by atoms with van der Waals surface area (Å²) in [5, 5.41) is 2.99. The minimum absolute atomic E-state index is 0.212. The van der Waals surface area contributed by atoms with Crippen LogP contribution in [0, 0.1) is 5.92 Å². The van der Waals surface area contributed by atoms with Crippen molar-refractivity contribution in [2.24, 2.45) is 5.92 Å². The van der Waals surface area contributed by atoms with Crippen LogP contribution in [0.2, 0.25) is 0 Å². The minimum atomic E-state index is 0.212. The van der Waals surface area contributed by atoms with E-state index in [-0.39, 0.29) is 5.92 Å². The van der Waals surface area contributed by atoms with Crippen molar-refractivity contribution in [2.75, 3.05) is 0 Å². The Morgan fingerprint density at radius 2 is 1.81 bits per heavy atom. The van der Waals surface area contributed by atoms with E-state index in [2.05, 4.69) is 31.0 Å². The van der Waals surface area contributed by atoms with Gasteiger partial charge in [0.05, 0.1) is 12.1 Å². The summed E-state index contributed by atoms with van der Waals surface area (Å²) in [7, 11) is 0. The zero-order valence-corrected chi connectivity index (χ0v) is 13.7. The van der Waals surface area contributed by atoms with Crippen molar-refractivity contribution in [3.8, 4) is 11.3 Å². The van der Waals surface area contributed by atoms with Gasteiger partial charge in [0, 0.05) is 16.9 Å². The Labute approximate surface area is 131 Å².